The highest BCUT2D eigenvalue weighted by atomic mass is 35.5. The van der Waals surface area contributed by atoms with Crippen LogP contribution in [0.1, 0.15) is 11.3 Å². The number of benzene rings is 1. The van der Waals surface area contributed by atoms with Gasteiger partial charge in [-0.05, 0) is 19.1 Å². The minimum atomic E-state index is -0.0478. The van der Waals surface area contributed by atoms with E-state index in [4.69, 9.17) is 15.6 Å². The maximum absolute atomic E-state index is 7.23. The number of nitrogen functional groups attached to an aromatic ring is 1. The lowest BCUT2D eigenvalue weighted by Crippen LogP contribution is -2.09. The van der Waals surface area contributed by atoms with Crippen molar-refractivity contribution in [3.63, 3.8) is 0 Å². The normalized spacial score (nSPS) is 9.56. The lowest BCUT2D eigenvalue weighted by Gasteiger charge is -1.97. The molecule has 3 nitrogen and oxygen atoms in total. The van der Waals surface area contributed by atoms with Crippen molar-refractivity contribution in [1.29, 1.82) is 5.41 Å². The van der Waals surface area contributed by atoms with E-state index in [1.807, 2.05) is 37.3 Å². The van der Waals surface area contributed by atoms with Crippen molar-refractivity contribution < 1.29 is 4.42 Å². The third kappa shape index (κ3) is 2.44. The third-order valence-corrected chi connectivity index (χ3v) is 2.21. The maximum atomic E-state index is 7.23. The Hall–Kier alpha value is -1.74. The highest BCUT2D eigenvalue weighted by molar-refractivity contribution is 5.92. The van der Waals surface area contributed by atoms with Gasteiger partial charge in [0, 0.05) is 5.56 Å². The molecule has 2 aromatic rings. The molecule has 0 saturated carbocycles. The number of hydrogen-bond donors (Lipinski definition) is 2. The van der Waals surface area contributed by atoms with Crippen LogP contribution in [0.2, 0.25) is 0 Å². The van der Waals surface area contributed by atoms with E-state index >= 15 is 0 Å². The van der Waals surface area contributed by atoms with Crippen LogP contribution < -0.4 is 5.73 Å². The first kappa shape index (κ1) is 12.3. The predicted molar refractivity (Wildman–Crippen MR) is 67.1 cm³/mol. The molecule has 0 fully saturated rings. The van der Waals surface area contributed by atoms with Crippen molar-refractivity contribution in [3.8, 4) is 11.3 Å². The summed E-state index contributed by atoms with van der Waals surface area (Å²) in [5.41, 5.74) is 7.52. The van der Waals surface area contributed by atoms with Gasteiger partial charge in [0.2, 0.25) is 0 Å². The fourth-order valence-corrected chi connectivity index (χ4v) is 1.36. The third-order valence-electron chi connectivity index (χ3n) is 2.21. The van der Waals surface area contributed by atoms with Crippen LogP contribution in [0.4, 0.5) is 0 Å². The number of amidine groups is 1. The Morgan fingerprint density at radius 3 is 2.25 bits per heavy atom. The monoisotopic (exact) mass is 236 g/mol. The van der Waals surface area contributed by atoms with Crippen LogP contribution in [0.5, 0.6) is 0 Å². The summed E-state index contributed by atoms with van der Waals surface area (Å²) in [6.07, 6.45) is 0. The van der Waals surface area contributed by atoms with Gasteiger partial charge in [-0.25, -0.2) is 0 Å². The van der Waals surface area contributed by atoms with Crippen molar-refractivity contribution in [2.24, 2.45) is 5.73 Å². The molecule has 0 aliphatic rings. The summed E-state index contributed by atoms with van der Waals surface area (Å²) in [7, 11) is 0. The fourth-order valence-electron chi connectivity index (χ4n) is 1.36. The molecule has 84 valence electrons. The van der Waals surface area contributed by atoms with Gasteiger partial charge in [0.05, 0.1) is 0 Å². The summed E-state index contributed by atoms with van der Waals surface area (Å²) >= 11 is 0. The first-order chi connectivity index (χ1) is 7.16. The predicted octanol–water partition coefficient (Wildman–Crippen LogP) is 2.96. The molecule has 0 unspecified atom stereocenters. The summed E-state index contributed by atoms with van der Waals surface area (Å²) < 4.78 is 5.42. The van der Waals surface area contributed by atoms with Gasteiger partial charge in [0.25, 0.3) is 0 Å². The van der Waals surface area contributed by atoms with Gasteiger partial charge in [-0.2, -0.15) is 0 Å². The Kier molecular flexibility index (Phi) is 3.74. The van der Waals surface area contributed by atoms with Crippen molar-refractivity contribution in [1.82, 2.24) is 0 Å². The molecule has 0 amide bonds. The molecule has 1 aromatic carbocycles. The van der Waals surface area contributed by atoms with Crippen LogP contribution in [-0.2, 0) is 0 Å². The van der Waals surface area contributed by atoms with Gasteiger partial charge < -0.3 is 10.2 Å². The first-order valence-corrected chi connectivity index (χ1v) is 4.68. The average Bonchev–Trinajstić information content (AvgIpc) is 2.68. The fraction of sp³-hybridized carbons (Fsp3) is 0.0833. The molecule has 2 rings (SSSR count). The van der Waals surface area contributed by atoms with Crippen LogP contribution in [0.15, 0.2) is 40.8 Å². The second kappa shape index (κ2) is 4.86. The van der Waals surface area contributed by atoms with Crippen molar-refractivity contribution >= 4 is 18.2 Å². The number of hydrogen-bond acceptors (Lipinski definition) is 2. The highest BCUT2D eigenvalue weighted by Crippen LogP contribution is 2.22. The van der Waals surface area contributed by atoms with Gasteiger partial charge in [-0.15, -0.1) is 12.4 Å². The number of nitrogens with one attached hydrogen (secondary N) is 1. The molecule has 3 N–H and O–H groups in total. The van der Waals surface area contributed by atoms with Crippen molar-refractivity contribution in [2.45, 2.75) is 6.92 Å². The van der Waals surface area contributed by atoms with Gasteiger partial charge in [0.15, 0.2) is 11.6 Å². The summed E-state index contributed by atoms with van der Waals surface area (Å²) in [5, 5.41) is 7.23. The van der Waals surface area contributed by atoms with Crippen LogP contribution in [-0.4, -0.2) is 5.84 Å². The summed E-state index contributed by atoms with van der Waals surface area (Å²) in [4.78, 5) is 0. The van der Waals surface area contributed by atoms with Gasteiger partial charge in [-0.3, -0.25) is 5.41 Å². The quantitative estimate of drug-likeness (QED) is 0.622. The van der Waals surface area contributed by atoms with E-state index in [2.05, 4.69) is 0 Å². The van der Waals surface area contributed by atoms with E-state index in [1.165, 1.54) is 5.56 Å². The summed E-state index contributed by atoms with van der Waals surface area (Å²) in [5.74, 6) is 1.10. The smallest absolute Gasteiger partial charge is 0.168 e. The minimum absolute atomic E-state index is 0. The zero-order valence-electron chi connectivity index (χ0n) is 8.86. The molecular formula is C12H13ClN2O. The lowest BCUT2D eigenvalue weighted by molar-refractivity contribution is 0.571. The van der Waals surface area contributed by atoms with Crippen LogP contribution in [0.25, 0.3) is 11.3 Å². The molecule has 1 aromatic heterocycles. The summed E-state index contributed by atoms with van der Waals surface area (Å²) in [6.45, 7) is 2.03. The zero-order chi connectivity index (χ0) is 10.8. The molecule has 0 bridgehead atoms. The highest BCUT2D eigenvalue weighted by Gasteiger charge is 2.05. The SMILES string of the molecule is Cc1ccc(-c2ccc(C(=N)N)o2)cc1.Cl. The Morgan fingerprint density at radius 2 is 1.75 bits per heavy atom. The average molecular weight is 237 g/mol. The summed E-state index contributed by atoms with van der Waals surface area (Å²) in [6, 6.07) is 11.5. The molecule has 1 heterocycles. The largest absolute Gasteiger partial charge is 0.453 e. The lowest BCUT2D eigenvalue weighted by atomic mass is 10.1. The van der Waals surface area contributed by atoms with Crippen LogP contribution in [0.3, 0.4) is 0 Å². The number of nitrogens with two attached hydrogens (primary N) is 1. The number of furan rings is 1. The van der Waals surface area contributed by atoms with Gasteiger partial charge in [0.1, 0.15) is 5.76 Å². The zero-order valence-corrected chi connectivity index (χ0v) is 9.67. The van der Waals surface area contributed by atoms with Crippen LogP contribution >= 0.6 is 12.4 Å². The maximum Gasteiger partial charge on any atom is 0.168 e. The molecular weight excluding hydrogens is 224 g/mol. The molecule has 0 spiro atoms. The van der Waals surface area contributed by atoms with Crippen molar-refractivity contribution in [3.05, 3.63) is 47.7 Å². The minimum Gasteiger partial charge on any atom is -0.453 e. The number of rotatable bonds is 2. The Morgan fingerprint density at radius 1 is 1.12 bits per heavy atom. The second-order valence-corrected chi connectivity index (χ2v) is 3.44. The Labute approximate surface area is 100 Å². The molecule has 16 heavy (non-hydrogen) atoms. The van der Waals surface area contributed by atoms with E-state index < -0.39 is 0 Å². The molecule has 4 heteroatoms. The number of aryl methyl sites for hydroxylation is 1. The Balaban J connectivity index is 0.00000128. The second-order valence-electron chi connectivity index (χ2n) is 3.44. The molecule has 0 radical (unpaired) electrons. The van der Waals surface area contributed by atoms with Crippen molar-refractivity contribution in [2.75, 3.05) is 0 Å². The number of halogens is 1. The van der Waals surface area contributed by atoms with Crippen LogP contribution in [0, 0.1) is 12.3 Å². The molecule has 0 aliphatic heterocycles. The van der Waals surface area contributed by atoms with E-state index in [1.54, 1.807) is 6.07 Å². The first-order valence-electron chi connectivity index (χ1n) is 4.68. The van der Waals surface area contributed by atoms with E-state index in [9.17, 15) is 0 Å². The molecule has 0 atom stereocenters. The standard InChI is InChI=1S/C12H12N2O.ClH/c1-8-2-4-9(5-3-8)10-6-7-11(15-10)12(13)14;/h2-7H,1H3,(H3,13,14);1H. The van der Waals surface area contributed by atoms with E-state index in [-0.39, 0.29) is 18.2 Å². The van der Waals surface area contributed by atoms with Gasteiger partial charge in [-0.1, -0.05) is 29.8 Å². The van der Waals surface area contributed by atoms with Gasteiger partial charge >= 0.3 is 0 Å². The molecule has 0 aliphatic carbocycles. The van der Waals surface area contributed by atoms with E-state index in [0.717, 1.165) is 11.3 Å². The topological polar surface area (TPSA) is 63.0 Å². The molecule has 0 saturated heterocycles. The van der Waals surface area contributed by atoms with E-state index in [0.29, 0.717) is 5.76 Å². The Bertz CT molecular complexity index is 488.